The first-order valence-electron chi connectivity index (χ1n) is 6.30. The average molecular weight is 314 g/mol. The van der Waals surface area contributed by atoms with E-state index in [2.05, 4.69) is 6.07 Å². The molecule has 1 saturated carbocycles. The number of hydrogen-bond donors (Lipinski definition) is 0. The number of nitrogens with zero attached hydrogens (tertiary/aromatic N) is 1. The van der Waals surface area contributed by atoms with Gasteiger partial charge in [0.2, 0.25) is 0 Å². The third kappa shape index (κ3) is 2.56. The standard InChI is InChI=1S/C14H16ClNO3S/c1-3-19-9-14(8-16)12(13(14)20(2,17)18)10-5-4-6-11(15)7-10/h4-7,12-13H,3,9H2,1-2H3/t12-,13-,14-/m0/s1. The molecule has 20 heavy (non-hydrogen) atoms. The van der Waals surface area contributed by atoms with Gasteiger partial charge in [-0.1, -0.05) is 23.7 Å². The number of halogens is 1. The van der Waals surface area contributed by atoms with Crippen LogP contribution in [0, 0.1) is 16.7 Å². The van der Waals surface area contributed by atoms with E-state index in [9.17, 15) is 13.7 Å². The van der Waals surface area contributed by atoms with E-state index in [-0.39, 0.29) is 12.5 Å². The predicted molar refractivity (Wildman–Crippen MR) is 77.4 cm³/mol. The van der Waals surface area contributed by atoms with E-state index in [1.807, 2.05) is 6.92 Å². The van der Waals surface area contributed by atoms with Crippen LogP contribution in [0.3, 0.4) is 0 Å². The molecule has 1 aromatic carbocycles. The quantitative estimate of drug-likeness (QED) is 0.837. The highest BCUT2D eigenvalue weighted by Gasteiger charge is 2.71. The Morgan fingerprint density at radius 1 is 1.50 bits per heavy atom. The van der Waals surface area contributed by atoms with Crippen LogP contribution in [0.25, 0.3) is 0 Å². The minimum atomic E-state index is -3.34. The molecule has 0 aromatic heterocycles. The summed E-state index contributed by atoms with van der Waals surface area (Å²) in [5.74, 6) is -0.382. The summed E-state index contributed by atoms with van der Waals surface area (Å²) in [5.41, 5.74) is -0.233. The summed E-state index contributed by atoms with van der Waals surface area (Å²) < 4.78 is 29.3. The molecule has 0 spiro atoms. The SMILES string of the molecule is CCOC[C@@]1(C#N)[C@@H](c2cccc(Cl)c2)[C@@H]1S(C)(=O)=O. The Balaban J connectivity index is 2.43. The van der Waals surface area contributed by atoms with E-state index in [1.165, 1.54) is 6.26 Å². The van der Waals surface area contributed by atoms with E-state index in [1.54, 1.807) is 24.3 Å². The second kappa shape index (κ2) is 5.36. The molecule has 0 unspecified atom stereocenters. The van der Waals surface area contributed by atoms with Gasteiger partial charge < -0.3 is 4.74 Å². The van der Waals surface area contributed by atoms with E-state index >= 15 is 0 Å². The first-order chi connectivity index (χ1) is 9.36. The molecule has 0 aliphatic heterocycles. The molecule has 0 N–H and O–H groups in total. The zero-order valence-electron chi connectivity index (χ0n) is 11.3. The van der Waals surface area contributed by atoms with Crippen LogP contribution < -0.4 is 0 Å². The fourth-order valence-electron chi connectivity index (χ4n) is 2.81. The van der Waals surface area contributed by atoms with E-state index < -0.39 is 20.5 Å². The molecule has 1 fully saturated rings. The first-order valence-corrected chi connectivity index (χ1v) is 8.63. The average Bonchev–Trinajstić information content (AvgIpc) is 3.06. The Morgan fingerprint density at radius 3 is 2.70 bits per heavy atom. The molecule has 3 atom stereocenters. The highest BCUT2D eigenvalue weighted by atomic mass is 35.5. The molecule has 1 aliphatic carbocycles. The zero-order valence-corrected chi connectivity index (χ0v) is 12.9. The molecule has 0 heterocycles. The van der Waals surface area contributed by atoms with Gasteiger partial charge in [-0.05, 0) is 24.6 Å². The summed E-state index contributed by atoms with van der Waals surface area (Å²) >= 11 is 5.96. The van der Waals surface area contributed by atoms with E-state index in [0.717, 1.165) is 5.56 Å². The van der Waals surface area contributed by atoms with Gasteiger partial charge in [0, 0.05) is 23.8 Å². The maximum atomic E-state index is 12.0. The Labute approximate surface area is 124 Å². The molecular formula is C14H16ClNO3S. The molecule has 1 aromatic rings. The van der Waals surface area contributed by atoms with Gasteiger partial charge in [0.25, 0.3) is 0 Å². The van der Waals surface area contributed by atoms with Crippen LogP contribution in [0.15, 0.2) is 24.3 Å². The van der Waals surface area contributed by atoms with Gasteiger partial charge in [0.05, 0.1) is 17.9 Å². The summed E-state index contributed by atoms with van der Waals surface area (Å²) in [4.78, 5) is 0. The summed E-state index contributed by atoms with van der Waals surface area (Å²) in [7, 11) is -3.34. The third-order valence-corrected chi connectivity index (χ3v) is 5.53. The van der Waals surface area contributed by atoms with Gasteiger partial charge in [-0.3, -0.25) is 0 Å². The van der Waals surface area contributed by atoms with Crippen molar-refractivity contribution in [3.05, 3.63) is 34.9 Å². The van der Waals surface area contributed by atoms with E-state index in [4.69, 9.17) is 16.3 Å². The van der Waals surface area contributed by atoms with Crippen LogP contribution in [-0.4, -0.2) is 33.1 Å². The second-order valence-electron chi connectivity index (χ2n) is 5.07. The first kappa shape index (κ1) is 15.3. The Hall–Kier alpha value is -1.09. The minimum Gasteiger partial charge on any atom is -0.380 e. The van der Waals surface area contributed by atoms with Crippen molar-refractivity contribution in [3.8, 4) is 6.07 Å². The molecule has 108 valence electrons. The third-order valence-electron chi connectivity index (χ3n) is 3.68. The topological polar surface area (TPSA) is 67.2 Å². The van der Waals surface area contributed by atoms with Crippen molar-refractivity contribution in [2.75, 3.05) is 19.5 Å². The molecule has 2 rings (SSSR count). The molecule has 0 bridgehead atoms. The number of ether oxygens (including phenoxy) is 1. The lowest BCUT2D eigenvalue weighted by molar-refractivity contribution is 0.117. The molecule has 0 radical (unpaired) electrons. The number of hydrogen-bond acceptors (Lipinski definition) is 4. The van der Waals surface area contributed by atoms with Gasteiger partial charge in [-0.2, -0.15) is 5.26 Å². The molecule has 6 heteroatoms. The van der Waals surface area contributed by atoms with Crippen molar-refractivity contribution >= 4 is 21.4 Å². The van der Waals surface area contributed by atoms with Gasteiger partial charge in [-0.15, -0.1) is 0 Å². The maximum Gasteiger partial charge on any atom is 0.152 e. The van der Waals surface area contributed by atoms with Crippen LogP contribution >= 0.6 is 11.6 Å². The second-order valence-corrected chi connectivity index (χ2v) is 7.68. The maximum absolute atomic E-state index is 12.0. The number of sulfone groups is 1. The van der Waals surface area contributed by atoms with Crippen LogP contribution in [0.4, 0.5) is 0 Å². The summed E-state index contributed by atoms with van der Waals surface area (Å²) in [6.45, 7) is 2.38. The summed E-state index contributed by atoms with van der Waals surface area (Å²) in [6, 6.07) is 9.17. The Kier molecular flexibility index (Phi) is 4.10. The van der Waals surface area contributed by atoms with Crippen LogP contribution in [0.1, 0.15) is 18.4 Å². The number of nitriles is 1. The lowest BCUT2D eigenvalue weighted by Gasteiger charge is -2.08. The highest BCUT2D eigenvalue weighted by molar-refractivity contribution is 7.91. The monoisotopic (exact) mass is 313 g/mol. The Morgan fingerprint density at radius 2 is 2.20 bits per heavy atom. The minimum absolute atomic E-state index is 0.120. The smallest absolute Gasteiger partial charge is 0.152 e. The van der Waals surface area contributed by atoms with Crippen molar-refractivity contribution in [1.82, 2.24) is 0 Å². The van der Waals surface area contributed by atoms with Crippen molar-refractivity contribution < 1.29 is 13.2 Å². The van der Waals surface area contributed by atoms with Crippen LogP contribution in [0.5, 0.6) is 0 Å². The summed E-state index contributed by atoms with van der Waals surface area (Å²) in [5, 5.41) is 9.29. The van der Waals surface area contributed by atoms with Crippen molar-refractivity contribution in [2.45, 2.75) is 18.1 Å². The zero-order chi connectivity index (χ0) is 15.0. The molecule has 1 aliphatic rings. The molecule has 0 saturated heterocycles. The summed E-state index contributed by atoms with van der Waals surface area (Å²) in [6.07, 6.45) is 1.17. The van der Waals surface area contributed by atoms with Crippen molar-refractivity contribution in [1.29, 1.82) is 5.26 Å². The van der Waals surface area contributed by atoms with Gasteiger partial charge in [0.15, 0.2) is 9.84 Å². The molecule has 0 amide bonds. The van der Waals surface area contributed by atoms with Crippen LogP contribution in [-0.2, 0) is 14.6 Å². The van der Waals surface area contributed by atoms with Crippen molar-refractivity contribution in [3.63, 3.8) is 0 Å². The van der Waals surface area contributed by atoms with Gasteiger partial charge in [-0.25, -0.2) is 8.42 Å². The normalized spacial score (nSPS) is 28.9. The number of rotatable bonds is 5. The van der Waals surface area contributed by atoms with Gasteiger partial charge >= 0.3 is 0 Å². The molecule has 4 nitrogen and oxygen atoms in total. The van der Waals surface area contributed by atoms with Gasteiger partial charge in [0.1, 0.15) is 5.41 Å². The fraction of sp³-hybridized carbons (Fsp3) is 0.500. The lowest BCUT2D eigenvalue weighted by atomic mass is 10.0. The number of benzene rings is 1. The lowest BCUT2D eigenvalue weighted by Crippen LogP contribution is -2.18. The molecular weight excluding hydrogens is 298 g/mol. The van der Waals surface area contributed by atoms with Crippen molar-refractivity contribution in [2.24, 2.45) is 5.41 Å². The Bertz CT molecular complexity index is 653. The fourth-order valence-corrected chi connectivity index (χ4v) is 4.86. The highest BCUT2D eigenvalue weighted by Crippen LogP contribution is 2.62. The predicted octanol–water partition coefficient (Wildman–Crippen LogP) is 2.40. The van der Waals surface area contributed by atoms with Crippen LogP contribution in [0.2, 0.25) is 5.02 Å². The largest absolute Gasteiger partial charge is 0.380 e. The van der Waals surface area contributed by atoms with E-state index in [0.29, 0.717) is 11.6 Å².